The molecule has 0 amide bonds. The molecule has 1 aromatic carbocycles. The minimum absolute atomic E-state index is 0.0254. The summed E-state index contributed by atoms with van der Waals surface area (Å²) in [6.45, 7) is 2.03. The number of fused-ring (bicyclic) bond motifs is 1. The number of halogens is 1. The van der Waals surface area contributed by atoms with Gasteiger partial charge in [-0.05, 0) is 37.5 Å². The number of hydrogen-bond donors (Lipinski definition) is 0. The Labute approximate surface area is 150 Å². The number of thioether (sulfide) groups is 1. The number of aromatic nitrogens is 2. The highest BCUT2D eigenvalue weighted by molar-refractivity contribution is 7.99. The van der Waals surface area contributed by atoms with Crippen molar-refractivity contribution < 1.29 is 9.47 Å². The Kier molecular flexibility index (Phi) is 6.16. The summed E-state index contributed by atoms with van der Waals surface area (Å²) in [6.07, 6.45) is 3.19. The van der Waals surface area contributed by atoms with Gasteiger partial charge in [-0.1, -0.05) is 23.4 Å². The third kappa shape index (κ3) is 4.11. The van der Waals surface area contributed by atoms with Crippen LogP contribution >= 0.6 is 23.4 Å². The summed E-state index contributed by atoms with van der Waals surface area (Å²) in [5, 5.41) is 1.90. The van der Waals surface area contributed by atoms with Gasteiger partial charge < -0.3 is 9.47 Å². The van der Waals surface area contributed by atoms with Gasteiger partial charge >= 0.3 is 0 Å². The Bertz CT molecular complexity index is 759. The first-order valence-corrected chi connectivity index (χ1v) is 9.49. The summed E-state index contributed by atoms with van der Waals surface area (Å²) in [7, 11) is 1.66. The molecule has 0 saturated carbocycles. The topological polar surface area (TPSA) is 53.4 Å². The normalized spacial score (nSPS) is 17.7. The van der Waals surface area contributed by atoms with E-state index < -0.39 is 0 Å². The van der Waals surface area contributed by atoms with Crippen LogP contribution in [0.2, 0.25) is 5.02 Å². The molecule has 1 saturated heterocycles. The maximum Gasteiger partial charge on any atom is 0.262 e. The van der Waals surface area contributed by atoms with E-state index in [0.29, 0.717) is 29.1 Å². The van der Waals surface area contributed by atoms with E-state index in [1.807, 2.05) is 0 Å². The molecular weight excluding hydrogens is 348 g/mol. The van der Waals surface area contributed by atoms with Crippen molar-refractivity contribution in [2.24, 2.45) is 0 Å². The Hall–Kier alpha value is -1.08. The number of benzene rings is 1. The van der Waals surface area contributed by atoms with Crippen LogP contribution in [0.15, 0.2) is 28.2 Å². The van der Waals surface area contributed by atoms with E-state index in [1.54, 1.807) is 41.6 Å². The largest absolute Gasteiger partial charge is 0.385 e. The molecule has 130 valence electrons. The molecule has 0 N–H and O–H groups in total. The van der Waals surface area contributed by atoms with Gasteiger partial charge in [-0.15, -0.1) is 0 Å². The fourth-order valence-electron chi connectivity index (χ4n) is 2.79. The lowest BCUT2D eigenvalue weighted by molar-refractivity contribution is 0.129. The van der Waals surface area contributed by atoms with Crippen LogP contribution in [0.5, 0.6) is 0 Å². The Balaban J connectivity index is 1.92. The fourth-order valence-corrected chi connectivity index (χ4v) is 4.05. The van der Waals surface area contributed by atoms with E-state index >= 15 is 0 Å². The third-order valence-corrected chi connectivity index (χ3v) is 5.38. The molecule has 0 radical (unpaired) electrons. The summed E-state index contributed by atoms with van der Waals surface area (Å²) in [5.74, 6) is 0.808. The molecule has 2 aromatic rings. The first-order valence-electron chi connectivity index (χ1n) is 8.12. The average molecular weight is 369 g/mol. The molecule has 1 unspecified atom stereocenters. The maximum absolute atomic E-state index is 12.8. The second kappa shape index (κ2) is 8.34. The number of rotatable bonds is 7. The number of hydrogen-bond acceptors (Lipinski definition) is 5. The molecule has 0 aliphatic carbocycles. The van der Waals surface area contributed by atoms with Gasteiger partial charge in [-0.2, -0.15) is 0 Å². The van der Waals surface area contributed by atoms with Gasteiger partial charge in [0, 0.05) is 37.6 Å². The lowest BCUT2D eigenvalue weighted by atomic mass is 10.2. The predicted octanol–water partition coefficient (Wildman–Crippen LogP) is 3.36. The molecule has 24 heavy (non-hydrogen) atoms. The molecule has 7 heteroatoms. The van der Waals surface area contributed by atoms with Gasteiger partial charge in [-0.3, -0.25) is 9.36 Å². The van der Waals surface area contributed by atoms with Crippen LogP contribution in [-0.4, -0.2) is 41.7 Å². The highest BCUT2D eigenvalue weighted by atomic mass is 35.5. The summed E-state index contributed by atoms with van der Waals surface area (Å²) in [6, 6.07) is 5.22. The fraction of sp³-hybridized carbons (Fsp3) is 0.529. The van der Waals surface area contributed by atoms with Crippen molar-refractivity contribution in [2.75, 3.05) is 26.1 Å². The minimum atomic E-state index is -0.0254. The van der Waals surface area contributed by atoms with Gasteiger partial charge in [-0.25, -0.2) is 4.98 Å². The highest BCUT2D eigenvalue weighted by Crippen LogP contribution is 2.24. The van der Waals surface area contributed by atoms with Gasteiger partial charge in [0.25, 0.3) is 5.56 Å². The van der Waals surface area contributed by atoms with Gasteiger partial charge in [0.2, 0.25) is 0 Å². The smallest absolute Gasteiger partial charge is 0.262 e. The number of ether oxygens (including phenoxy) is 2. The van der Waals surface area contributed by atoms with E-state index in [0.717, 1.165) is 36.8 Å². The van der Waals surface area contributed by atoms with Crippen LogP contribution in [0.4, 0.5) is 0 Å². The van der Waals surface area contributed by atoms with E-state index in [2.05, 4.69) is 4.98 Å². The van der Waals surface area contributed by atoms with Crippen LogP contribution in [0, 0.1) is 0 Å². The molecule has 3 rings (SSSR count). The second-order valence-corrected chi connectivity index (χ2v) is 7.23. The molecule has 1 atom stereocenters. The quantitative estimate of drug-likeness (QED) is 0.426. The first kappa shape index (κ1) is 17.7. The molecule has 5 nitrogen and oxygen atoms in total. The Morgan fingerprint density at radius 2 is 2.38 bits per heavy atom. The monoisotopic (exact) mass is 368 g/mol. The average Bonchev–Trinajstić information content (AvgIpc) is 3.08. The lowest BCUT2D eigenvalue weighted by Crippen LogP contribution is -2.24. The van der Waals surface area contributed by atoms with Gasteiger partial charge in [0.1, 0.15) is 0 Å². The summed E-state index contributed by atoms with van der Waals surface area (Å²) in [5.41, 5.74) is 0.618. The Morgan fingerprint density at radius 1 is 1.50 bits per heavy atom. The molecule has 1 aliphatic heterocycles. The minimum Gasteiger partial charge on any atom is -0.385 e. The van der Waals surface area contributed by atoms with Crippen molar-refractivity contribution in [3.63, 3.8) is 0 Å². The van der Waals surface area contributed by atoms with Gasteiger partial charge in [0.15, 0.2) is 5.16 Å². The van der Waals surface area contributed by atoms with Crippen molar-refractivity contribution in [1.82, 2.24) is 9.55 Å². The van der Waals surface area contributed by atoms with E-state index in [-0.39, 0.29) is 11.7 Å². The van der Waals surface area contributed by atoms with E-state index in [4.69, 9.17) is 21.1 Å². The standard InChI is InChI=1S/C17H21ClN2O3S/c1-22-8-3-7-20-16(21)14-6-5-12(18)10-15(14)19-17(20)24-11-13-4-2-9-23-13/h5-6,10,13H,2-4,7-9,11H2,1H3. The first-order chi connectivity index (χ1) is 11.7. The van der Waals surface area contributed by atoms with Crippen molar-refractivity contribution >= 4 is 34.3 Å². The van der Waals surface area contributed by atoms with Crippen LogP contribution in [0.25, 0.3) is 10.9 Å². The zero-order chi connectivity index (χ0) is 16.9. The van der Waals surface area contributed by atoms with Crippen molar-refractivity contribution in [1.29, 1.82) is 0 Å². The van der Waals surface area contributed by atoms with Crippen LogP contribution < -0.4 is 5.56 Å². The highest BCUT2D eigenvalue weighted by Gasteiger charge is 2.18. The third-order valence-electron chi connectivity index (χ3n) is 4.03. The zero-order valence-electron chi connectivity index (χ0n) is 13.7. The number of nitrogens with zero attached hydrogens (tertiary/aromatic N) is 2. The molecule has 0 spiro atoms. The summed E-state index contributed by atoms with van der Waals surface area (Å²) >= 11 is 7.63. The van der Waals surface area contributed by atoms with Crippen molar-refractivity contribution in [3.8, 4) is 0 Å². The molecular formula is C17H21ClN2O3S. The molecule has 1 aromatic heterocycles. The summed E-state index contributed by atoms with van der Waals surface area (Å²) in [4.78, 5) is 17.5. The van der Waals surface area contributed by atoms with E-state index in [1.165, 1.54) is 0 Å². The van der Waals surface area contributed by atoms with E-state index in [9.17, 15) is 4.79 Å². The Morgan fingerprint density at radius 3 is 3.12 bits per heavy atom. The van der Waals surface area contributed by atoms with Gasteiger partial charge in [0.05, 0.1) is 17.0 Å². The maximum atomic E-state index is 12.8. The number of methoxy groups -OCH3 is 1. The second-order valence-electron chi connectivity index (χ2n) is 5.81. The lowest BCUT2D eigenvalue weighted by Gasteiger charge is -2.14. The summed E-state index contributed by atoms with van der Waals surface area (Å²) < 4.78 is 12.5. The predicted molar refractivity (Wildman–Crippen MR) is 97.2 cm³/mol. The van der Waals surface area contributed by atoms with Crippen LogP contribution in [0.3, 0.4) is 0 Å². The van der Waals surface area contributed by atoms with Crippen LogP contribution in [-0.2, 0) is 16.0 Å². The van der Waals surface area contributed by atoms with Crippen molar-refractivity contribution in [3.05, 3.63) is 33.6 Å². The molecule has 1 fully saturated rings. The molecule has 1 aliphatic rings. The molecule has 0 bridgehead atoms. The molecule has 2 heterocycles. The SMILES string of the molecule is COCCCn1c(SCC2CCCO2)nc2cc(Cl)ccc2c1=O. The van der Waals surface area contributed by atoms with Crippen LogP contribution in [0.1, 0.15) is 19.3 Å². The van der Waals surface area contributed by atoms with Crippen molar-refractivity contribution in [2.45, 2.75) is 37.1 Å². The zero-order valence-corrected chi connectivity index (χ0v) is 15.2.